The molecule has 0 fully saturated rings. The third kappa shape index (κ3) is 5.05. The maximum Gasteiger partial charge on any atom is 0.303 e. The maximum absolute atomic E-state index is 10.3. The van der Waals surface area contributed by atoms with Crippen molar-refractivity contribution in [2.24, 2.45) is 5.92 Å². The van der Waals surface area contributed by atoms with Gasteiger partial charge in [-0.3, -0.25) is 4.79 Å². The molecule has 1 rings (SSSR count). The molecule has 2 nitrogen and oxygen atoms in total. The molecule has 0 radical (unpaired) electrons. The van der Waals surface area contributed by atoms with Gasteiger partial charge in [0.15, 0.2) is 0 Å². The molecule has 0 spiro atoms. The second-order valence-corrected chi connectivity index (χ2v) is 4.11. The highest BCUT2D eigenvalue weighted by atomic mass is 16.4. The molecule has 80 valence electrons. The lowest BCUT2D eigenvalue weighted by Gasteiger charge is -2.15. The van der Waals surface area contributed by atoms with Crippen LogP contribution in [0.25, 0.3) is 0 Å². The third-order valence-corrected chi connectivity index (χ3v) is 2.82. The minimum atomic E-state index is -0.664. The minimum absolute atomic E-state index is 0.334. The van der Waals surface area contributed by atoms with Crippen molar-refractivity contribution in [3.63, 3.8) is 0 Å². The second kappa shape index (κ2) is 6.63. The van der Waals surface area contributed by atoms with E-state index in [1.807, 2.05) is 0 Å². The summed E-state index contributed by atoms with van der Waals surface area (Å²) in [6.07, 6.45) is 13.2. The molecule has 2 heteroatoms. The van der Waals surface area contributed by atoms with Gasteiger partial charge >= 0.3 is 5.97 Å². The zero-order chi connectivity index (χ0) is 10.2. The number of rotatable bonds is 6. The van der Waals surface area contributed by atoms with Crippen LogP contribution in [0.15, 0.2) is 12.2 Å². The summed E-state index contributed by atoms with van der Waals surface area (Å²) in [5, 5.41) is 8.45. The van der Waals surface area contributed by atoms with Crippen molar-refractivity contribution in [3.05, 3.63) is 12.2 Å². The maximum atomic E-state index is 10.3. The van der Waals surface area contributed by atoms with Gasteiger partial charge in [0.1, 0.15) is 0 Å². The topological polar surface area (TPSA) is 37.3 Å². The van der Waals surface area contributed by atoms with Crippen molar-refractivity contribution < 1.29 is 9.90 Å². The Bertz CT molecular complexity index is 196. The number of carboxylic acid groups (broad SMARTS) is 1. The third-order valence-electron chi connectivity index (χ3n) is 2.82. The molecular formula is C12H20O2. The normalized spacial score (nSPS) is 21.0. The van der Waals surface area contributed by atoms with Crippen LogP contribution in [0.3, 0.4) is 0 Å². The van der Waals surface area contributed by atoms with Crippen molar-refractivity contribution in [1.82, 2.24) is 0 Å². The molecule has 1 aliphatic rings. The van der Waals surface area contributed by atoms with Crippen LogP contribution < -0.4 is 0 Å². The smallest absolute Gasteiger partial charge is 0.303 e. The number of hydrogen-bond acceptors (Lipinski definition) is 1. The highest BCUT2D eigenvalue weighted by Gasteiger charge is 2.07. The van der Waals surface area contributed by atoms with Gasteiger partial charge in [0.25, 0.3) is 0 Å². The molecule has 14 heavy (non-hydrogen) atoms. The van der Waals surface area contributed by atoms with Gasteiger partial charge in [0, 0.05) is 6.42 Å². The van der Waals surface area contributed by atoms with Crippen LogP contribution in [-0.4, -0.2) is 11.1 Å². The first-order valence-electron chi connectivity index (χ1n) is 5.67. The fraction of sp³-hybridized carbons (Fsp3) is 0.750. The second-order valence-electron chi connectivity index (χ2n) is 4.11. The standard InChI is InChI=1S/C12H20O2/c13-12(14)10-6-2-5-9-11-7-3-1-4-8-11/h3,7,11H,1-2,4-6,8-10H2,(H,13,14). The molecule has 0 aromatic heterocycles. The zero-order valence-corrected chi connectivity index (χ0v) is 8.74. The Labute approximate surface area is 86.0 Å². The minimum Gasteiger partial charge on any atom is -0.481 e. The van der Waals surface area contributed by atoms with Gasteiger partial charge in [-0.1, -0.05) is 25.0 Å². The van der Waals surface area contributed by atoms with Crippen LogP contribution in [0.2, 0.25) is 0 Å². The fourth-order valence-electron chi connectivity index (χ4n) is 1.98. The van der Waals surface area contributed by atoms with E-state index in [0.29, 0.717) is 6.42 Å². The molecule has 1 aliphatic carbocycles. The van der Waals surface area contributed by atoms with E-state index < -0.39 is 5.97 Å². The van der Waals surface area contributed by atoms with E-state index in [9.17, 15) is 4.79 Å². The van der Waals surface area contributed by atoms with Crippen LogP contribution in [0, 0.1) is 5.92 Å². The fourth-order valence-corrected chi connectivity index (χ4v) is 1.98. The Hall–Kier alpha value is -0.790. The summed E-state index contributed by atoms with van der Waals surface area (Å²) in [4.78, 5) is 10.3. The number of carboxylic acids is 1. The van der Waals surface area contributed by atoms with E-state index in [-0.39, 0.29) is 0 Å². The molecule has 1 unspecified atom stereocenters. The molecule has 0 aromatic carbocycles. The average molecular weight is 196 g/mol. The summed E-state index contributed by atoms with van der Waals surface area (Å²) < 4.78 is 0. The Morgan fingerprint density at radius 1 is 1.36 bits per heavy atom. The van der Waals surface area contributed by atoms with Gasteiger partial charge in [-0.15, -0.1) is 0 Å². The molecule has 0 aromatic rings. The molecular weight excluding hydrogens is 176 g/mol. The van der Waals surface area contributed by atoms with Crippen LogP contribution in [-0.2, 0) is 4.79 Å². The summed E-state index contributed by atoms with van der Waals surface area (Å²) in [5.74, 6) is 0.108. The molecule has 0 aliphatic heterocycles. The quantitative estimate of drug-likeness (QED) is 0.522. The van der Waals surface area contributed by atoms with E-state index in [0.717, 1.165) is 18.8 Å². The average Bonchev–Trinajstić information content (AvgIpc) is 2.18. The SMILES string of the molecule is O=C(O)CCCCCC1C=CCCC1. The molecule has 0 heterocycles. The number of aliphatic carboxylic acids is 1. The van der Waals surface area contributed by atoms with Gasteiger partial charge in [-0.2, -0.15) is 0 Å². The summed E-state index contributed by atoms with van der Waals surface area (Å²) in [6.45, 7) is 0. The number of carbonyl (C=O) groups is 1. The Morgan fingerprint density at radius 3 is 2.86 bits per heavy atom. The zero-order valence-electron chi connectivity index (χ0n) is 8.74. The molecule has 1 atom stereocenters. The van der Waals surface area contributed by atoms with Crippen LogP contribution in [0.4, 0.5) is 0 Å². The first kappa shape index (κ1) is 11.3. The molecule has 0 saturated heterocycles. The first-order chi connectivity index (χ1) is 6.79. The first-order valence-corrected chi connectivity index (χ1v) is 5.67. The van der Waals surface area contributed by atoms with Gasteiger partial charge in [-0.05, 0) is 38.0 Å². The van der Waals surface area contributed by atoms with Crippen molar-refractivity contribution in [2.75, 3.05) is 0 Å². The molecule has 1 N–H and O–H groups in total. The van der Waals surface area contributed by atoms with Crippen molar-refractivity contribution in [3.8, 4) is 0 Å². The van der Waals surface area contributed by atoms with E-state index in [1.165, 1.54) is 32.1 Å². The van der Waals surface area contributed by atoms with Crippen molar-refractivity contribution >= 4 is 5.97 Å². The predicted molar refractivity (Wildman–Crippen MR) is 57.2 cm³/mol. The van der Waals surface area contributed by atoms with Crippen LogP contribution in [0.5, 0.6) is 0 Å². The van der Waals surface area contributed by atoms with Gasteiger partial charge in [0.05, 0.1) is 0 Å². The monoisotopic (exact) mass is 196 g/mol. The Morgan fingerprint density at radius 2 is 2.21 bits per heavy atom. The summed E-state index contributed by atoms with van der Waals surface area (Å²) >= 11 is 0. The Kier molecular flexibility index (Phi) is 5.35. The summed E-state index contributed by atoms with van der Waals surface area (Å²) in [7, 11) is 0. The van der Waals surface area contributed by atoms with Gasteiger partial charge in [0.2, 0.25) is 0 Å². The van der Waals surface area contributed by atoms with Crippen LogP contribution in [0.1, 0.15) is 51.4 Å². The summed E-state index contributed by atoms with van der Waals surface area (Å²) in [6, 6.07) is 0. The van der Waals surface area contributed by atoms with E-state index >= 15 is 0 Å². The molecule has 0 saturated carbocycles. The largest absolute Gasteiger partial charge is 0.481 e. The number of allylic oxidation sites excluding steroid dienone is 2. The summed E-state index contributed by atoms with van der Waals surface area (Å²) in [5.41, 5.74) is 0. The lowest BCUT2D eigenvalue weighted by molar-refractivity contribution is -0.137. The van der Waals surface area contributed by atoms with Crippen molar-refractivity contribution in [2.45, 2.75) is 51.4 Å². The van der Waals surface area contributed by atoms with Crippen LogP contribution >= 0.6 is 0 Å². The van der Waals surface area contributed by atoms with Gasteiger partial charge in [-0.25, -0.2) is 0 Å². The highest BCUT2D eigenvalue weighted by molar-refractivity contribution is 5.66. The number of hydrogen-bond donors (Lipinski definition) is 1. The van der Waals surface area contributed by atoms with Crippen molar-refractivity contribution in [1.29, 1.82) is 0 Å². The highest BCUT2D eigenvalue weighted by Crippen LogP contribution is 2.22. The van der Waals surface area contributed by atoms with E-state index in [2.05, 4.69) is 12.2 Å². The molecule has 0 amide bonds. The Balaban J connectivity index is 1.95. The molecule has 0 bridgehead atoms. The lowest BCUT2D eigenvalue weighted by Crippen LogP contribution is -2.00. The lowest BCUT2D eigenvalue weighted by atomic mass is 9.91. The van der Waals surface area contributed by atoms with E-state index in [1.54, 1.807) is 0 Å². The van der Waals surface area contributed by atoms with E-state index in [4.69, 9.17) is 5.11 Å². The van der Waals surface area contributed by atoms with Gasteiger partial charge < -0.3 is 5.11 Å². The predicted octanol–water partition coefficient (Wildman–Crippen LogP) is 3.38. The number of unbranched alkanes of at least 4 members (excludes halogenated alkanes) is 2.